The van der Waals surface area contributed by atoms with Crippen LogP contribution in [0.2, 0.25) is 0 Å². The standard InChI is InChI=1S/C14H13N3O2S/c15-14(16)10-2-1-3-13(17-10)20-9-4-5-11-12(8-9)19-7-6-18-11/h1-5,8H,6-7H2,(H3,15,16). The number of benzene rings is 1. The average Bonchev–Trinajstić information content (AvgIpc) is 2.47. The summed E-state index contributed by atoms with van der Waals surface area (Å²) in [4.78, 5) is 5.32. The van der Waals surface area contributed by atoms with Crippen molar-refractivity contribution in [2.75, 3.05) is 13.2 Å². The topological polar surface area (TPSA) is 81.2 Å². The third kappa shape index (κ3) is 2.70. The molecule has 0 fully saturated rings. The number of nitrogens with one attached hydrogen (secondary N) is 1. The van der Waals surface area contributed by atoms with Crippen molar-refractivity contribution >= 4 is 17.6 Å². The molecule has 2 aromatic rings. The van der Waals surface area contributed by atoms with E-state index in [4.69, 9.17) is 20.6 Å². The monoisotopic (exact) mass is 287 g/mol. The molecular weight excluding hydrogens is 274 g/mol. The fraction of sp³-hybridized carbons (Fsp3) is 0.143. The molecule has 0 atom stereocenters. The van der Waals surface area contributed by atoms with Crippen molar-refractivity contribution in [3.8, 4) is 11.5 Å². The van der Waals surface area contributed by atoms with E-state index in [9.17, 15) is 0 Å². The van der Waals surface area contributed by atoms with Crippen LogP contribution in [0, 0.1) is 5.41 Å². The van der Waals surface area contributed by atoms with Crippen LogP contribution in [0.4, 0.5) is 0 Å². The number of hydrogen-bond acceptors (Lipinski definition) is 5. The average molecular weight is 287 g/mol. The number of nitrogens with two attached hydrogens (primary N) is 1. The predicted octanol–water partition coefficient (Wildman–Crippen LogP) is 2.29. The molecule has 1 aliphatic rings. The zero-order valence-electron chi connectivity index (χ0n) is 10.6. The number of pyridine rings is 1. The van der Waals surface area contributed by atoms with Crippen LogP contribution in [0.1, 0.15) is 5.69 Å². The first kappa shape index (κ1) is 12.8. The zero-order valence-corrected chi connectivity index (χ0v) is 11.4. The van der Waals surface area contributed by atoms with Gasteiger partial charge in [0.2, 0.25) is 0 Å². The Morgan fingerprint density at radius 1 is 1.15 bits per heavy atom. The van der Waals surface area contributed by atoms with Crippen LogP contribution in [-0.2, 0) is 0 Å². The highest BCUT2D eigenvalue weighted by Crippen LogP contribution is 2.36. The number of amidine groups is 1. The first-order chi connectivity index (χ1) is 9.72. The van der Waals surface area contributed by atoms with E-state index < -0.39 is 0 Å². The zero-order chi connectivity index (χ0) is 13.9. The van der Waals surface area contributed by atoms with Crippen LogP contribution in [0.15, 0.2) is 46.3 Å². The lowest BCUT2D eigenvalue weighted by molar-refractivity contribution is 0.171. The van der Waals surface area contributed by atoms with E-state index in [1.165, 1.54) is 11.8 Å². The largest absolute Gasteiger partial charge is 0.486 e. The first-order valence-corrected chi connectivity index (χ1v) is 6.93. The van der Waals surface area contributed by atoms with Gasteiger partial charge >= 0.3 is 0 Å². The predicted molar refractivity (Wildman–Crippen MR) is 76.8 cm³/mol. The Balaban J connectivity index is 1.84. The second kappa shape index (κ2) is 5.42. The molecule has 1 aliphatic heterocycles. The Morgan fingerprint density at radius 3 is 2.75 bits per heavy atom. The highest BCUT2D eigenvalue weighted by molar-refractivity contribution is 7.99. The van der Waals surface area contributed by atoms with Gasteiger partial charge in [0.15, 0.2) is 11.5 Å². The molecule has 0 saturated carbocycles. The van der Waals surface area contributed by atoms with Gasteiger partial charge < -0.3 is 15.2 Å². The van der Waals surface area contributed by atoms with Gasteiger partial charge in [-0.2, -0.15) is 0 Å². The molecule has 0 bridgehead atoms. The van der Waals surface area contributed by atoms with E-state index in [0.29, 0.717) is 18.9 Å². The number of hydrogen-bond donors (Lipinski definition) is 2. The van der Waals surface area contributed by atoms with E-state index >= 15 is 0 Å². The second-order valence-electron chi connectivity index (χ2n) is 4.18. The van der Waals surface area contributed by atoms with Crippen molar-refractivity contribution in [1.29, 1.82) is 5.41 Å². The molecule has 0 aliphatic carbocycles. The lowest BCUT2D eigenvalue weighted by Gasteiger charge is -2.18. The van der Waals surface area contributed by atoms with Gasteiger partial charge in [0.05, 0.1) is 0 Å². The van der Waals surface area contributed by atoms with E-state index in [1.54, 1.807) is 6.07 Å². The molecule has 0 spiro atoms. The fourth-order valence-electron chi connectivity index (χ4n) is 1.83. The molecule has 5 nitrogen and oxygen atoms in total. The summed E-state index contributed by atoms with van der Waals surface area (Å²) in [6.45, 7) is 1.15. The Hall–Kier alpha value is -2.21. The Kier molecular flexibility index (Phi) is 3.47. The maximum absolute atomic E-state index is 7.41. The van der Waals surface area contributed by atoms with Gasteiger partial charge in [0.1, 0.15) is 29.8 Å². The van der Waals surface area contributed by atoms with Gasteiger partial charge in [-0.1, -0.05) is 17.8 Å². The SMILES string of the molecule is N=C(N)c1cccc(Sc2ccc3c(c2)OCCO3)n1. The van der Waals surface area contributed by atoms with Crippen molar-refractivity contribution in [2.45, 2.75) is 9.92 Å². The maximum atomic E-state index is 7.41. The lowest BCUT2D eigenvalue weighted by atomic mass is 10.3. The summed E-state index contributed by atoms with van der Waals surface area (Å²) in [6.07, 6.45) is 0. The van der Waals surface area contributed by atoms with Crippen molar-refractivity contribution in [2.24, 2.45) is 5.73 Å². The number of nitrogen functional groups attached to an aromatic ring is 1. The summed E-state index contributed by atoms with van der Waals surface area (Å²) < 4.78 is 11.0. The third-order valence-corrected chi connectivity index (χ3v) is 3.66. The van der Waals surface area contributed by atoms with Crippen LogP contribution < -0.4 is 15.2 Å². The summed E-state index contributed by atoms with van der Waals surface area (Å²) >= 11 is 1.49. The summed E-state index contributed by atoms with van der Waals surface area (Å²) in [5.41, 5.74) is 5.92. The Bertz CT molecular complexity index is 661. The minimum Gasteiger partial charge on any atom is -0.486 e. The number of fused-ring (bicyclic) bond motifs is 1. The van der Waals surface area contributed by atoms with Gasteiger partial charge in [0, 0.05) is 4.90 Å². The molecule has 1 aromatic carbocycles. The minimum absolute atomic E-state index is 0.0328. The van der Waals surface area contributed by atoms with Crippen LogP contribution in [0.3, 0.4) is 0 Å². The molecule has 1 aromatic heterocycles. The molecule has 102 valence electrons. The molecule has 2 heterocycles. The van der Waals surface area contributed by atoms with E-state index in [-0.39, 0.29) is 5.84 Å². The van der Waals surface area contributed by atoms with Gasteiger partial charge in [-0.3, -0.25) is 5.41 Å². The van der Waals surface area contributed by atoms with Crippen LogP contribution in [-0.4, -0.2) is 24.0 Å². The number of aromatic nitrogens is 1. The highest BCUT2D eigenvalue weighted by Gasteiger charge is 2.12. The van der Waals surface area contributed by atoms with Crippen LogP contribution in [0.25, 0.3) is 0 Å². The van der Waals surface area contributed by atoms with Gasteiger partial charge in [-0.05, 0) is 30.3 Å². The summed E-state index contributed by atoms with van der Waals surface area (Å²) in [5, 5.41) is 8.19. The van der Waals surface area contributed by atoms with E-state index in [1.807, 2.05) is 30.3 Å². The van der Waals surface area contributed by atoms with Crippen LogP contribution in [0.5, 0.6) is 11.5 Å². The highest BCUT2D eigenvalue weighted by atomic mass is 32.2. The molecule has 6 heteroatoms. The molecular formula is C14H13N3O2S. The van der Waals surface area contributed by atoms with Crippen molar-refractivity contribution in [1.82, 2.24) is 4.98 Å². The second-order valence-corrected chi connectivity index (χ2v) is 5.28. The summed E-state index contributed by atoms with van der Waals surface area (Å²) in [5.74, 6) is 1.49. The lowest BCUT2D eigenvalue weighted by Crippen LogP contribution is -2.15. The van der Waals surface area contributed by atoms with Gasteiger partial charge in [-0.15, -0.1) is 0 Å². The van der Waals surface area contributed by atoms with Crippen molar-refractivity contribution in [3.05, 3.63) is 42.1 Å². The molecule has 0 amide bonds. The molecule has 3 rings (SSSR count). The summed E-state index contributed by atoms with van der Waals surface area (Å²) in [7, 11) is 0. The molecule has 0 unspecified atom stereocenters. The van der Waals surface area contributed by atoms with Gasteiger partial charge in [0.25, 0.3) is 0 Å². The minimum atomic E-state index is -0.0328. The molecule has 0 radical (unpaired) electrons. The Labute approximate surface area is 120 Å². The van der Waals surface area contributed by atoms with Crippen molar-refractivity contribution < 1.29 is 9.47 Å². The number of rotatable bonds is 3. The quantitative estimate of drug-likeness (QED) is 0.668. The van der Waals surface area contributed by atoms with E-state index in [0.717, 1.165) is 21.4 Å². The third-order valence-electron chi connectivity index (χ3n) is 2.74. The Morgan fingerprint density at radius 2 is 1.95 bits per heavy atom. The van der Waals surface area contributed by atoms with E-state index in [2.05, 4.69) is 4.98 Å². The normalized spacial score (nSPS) is 13.0. The maximum Gasteiger partial charge on any atom is 0.162 e. The summed E-state index contributed by atoms with van der Waals surface area (Å²) in [6, 6.07) is 11.2. The smallest absolute Gasteiger partial charge is 0.162 e. The molecule has 0 saturated heterocycles. The molecule has 20 heavy (non-hydrogen) atoms. The van der Waals surface area contributed by atoms with Gasteiger partial charge in [-0.25, -0.2) is 4.98 Å². The van der Waals surface area contributed by atoms with Crippen molar-refractivity contribution in [3.63, 3.8) is 0 Å². The molecule has 3 N–H and O–H groups in total. The number of nitrogens with zero attached hydrogens (tertiary/aromatic N) is 1. The fourth-order valence-corrected chi connectivity index (χ4v) is 2.66. The van der Waals surface area contributed by atoms with Crippen LogP contribution >= 0.6 is 11.8 Å². The first-order valence-electron chi connectivity index (χ1n) is 6.11. The number of ether oxygens (including phenoxy) is 2.